The third-order valence-electron chi connectivity index (χ3n) is 5.20. The summed E-state index contributed by atoms with van der Waals surface area (Å²) in [4.78, 5) is 2.65. The number of nitrogens with two attached hydrogens (primary N) is 1. The van der Waals surface area contributed by atoms with Gasteiger partial charge in [-0.1, -0.05) is 12.5 Å². The average molecular weight is 288 g/mol. The van der Waals surface area contributed by atoms with Crippen molar-refractivity contribution in [2.75, 3.05) is 26.2 Å². The van der Waals surface area contributed by atoms with E-state index in [0.717, 1.165) is 25.2 Å². The van der Waals surface area contributed by atoms with Crippen molar-refractivity contribution in [1.82, 2.24) is 4.90 Å². The summed E-state index contributed by atoms with van der Waals surface area (Å²) in [6.45, 7) is 8.20. The molecule has 3 rings (SSSR count). The first-order chi connectivity index (χ1) is 10.2. The van der Waals surface area contributed by atoms with Crippen LogP contribution >= 0.6 is 0 Å². The molecule has 3 heteroatoms. The van der Waals surface area contributed by atoms with E-state index in [0.29, 0.717) is 6.54 Å². The third-order valence-corrected chi connectivity index (χ3v) is 5.20. The number of likely N-dealkylation sites (tertiary alicyclic amines) is 1. The van der Waals surface area contributed by atoms with Gasteiger partial charge >= 0.3 is 0 Å². The fraction of sp³-hybridized carbons (Fsp3) is 0.667. The van der Waals surface area contributed by atoms with Crippen LogP contribution in [0.5, 0.6) is 5.75 Å². The van der Waals surface area contributed by atoms with E-state index in [9.17, 15) is 0 Å². The summed E-state index contributed by atoms with van der Waals surface area (Å²) in [6.07, 6.45) is 6.14. The van der Waals surface area contributed by atoms with Gasteiger partial charge in [-0.25, -0.2) is 0 Å². The standard InChI is InChI=1S/C18H28N2O/c1-14-11-15(2)17-16(12-14)21-10-6-7-18(17,13-19)20-8-4-3-5-9-20/h11-12H,3-10,13,19H2,1-2H3. The van der Waals surface area contributed by atoms with E-state index in [-0.39, 0.29) is 5.54 Å². The Labute approximate surface area is 128 Å². The Kier molecular flexibility index (Phi) is 4.23. The normalized spacial score (nSPS) is 26.8. The van der Waals surface area contributed by atoms with Crippen LogP contribution < -0.4 is 10.5 Å². The minimum Gasteiger partial charge on any atom is -0.493 e. The second kappa shape index (κ2) is 5.98. The molecule has 1 aromatic rings. The summed E-state index contributed by atoms with van der Waals surface area (Å²) in [5.74, 6) is 1.07. The number of aryl methyl sites for hydroxylation is 2. The van der Waals surface area contributed by atoms with Crippen LogP contribution in [-0.4, -0.2) is 31.1 Å². The van der Waals surface area contributed by atoms with Gasteiger partial charge < -0.3 is 10.5 Å². The largest absolute Gasteiger partial charge is 0.493 e. The number of nitrogens with zero attached hydrogens (tertiary/aromatic N) is 1. The van der Waals surface area contributed by atoms with E-state index in [1.165, 1.54) is 49.0 Å². The summed E-state index contributed by atoms with van der Waals surface area (Å²) < 4.78 is 6.08. The van der Waals surface area contributed by atoms with E-state index in [2.05, 4.69) is 30.9 Å². The molecule has 0 spiro atoms. The number of benzene rings is 1. The molecule has 0 aliphatic carbocycles. The summed E-state index contributed by atoms with van der Waals surface area (Å²) in [7, 11) is 0. The van der Waals surface area contributed by atoms with Gasteiger partial charge in [-0.05, 0) is 69.8 Å². The molecule has 116 valence electrons. The predicted molar refractivity (Wildman–Crippen MR) is 86.8 cm³/mol. The molecule has 2 heterocycles. The Balaban J connectivity index is 2.12. The lowest BCUT2D eigenvalue weighted by Crippen LogP contribution is -2.53. The molecule has 0 saturated carbocycles. The summed E-state index contributed by atoms with van der Waals surface area (Å²) in [5, 5.41) is 0. The highest BCUT2D eigenvalue weighted by Crippen LogP contribution is 2.43. The van der Waals surface area contributed by atoms with Crippen LogP contribution in [0.2, 0.25) is 0 Å². The molecule has 1 atom stereocenters. The van der Waals surface area contributed by atoms with Crippen LogP contribution in [0, 0.1) is 13.8 Å². The Morgan fingerprint density at radius 2 is 1.90 bits per heavy atom. The monoisotopic (exact) mass is 288 g/mol. The summed E-state index contributed by atoms with van der Waals surface area (Å²) in [5.41, 5.74) is 10.3. The molecule has 2 aliphatic heterocycles. The SMILES string of the molecule is Cc1cc(C)c2c(c1)OCCCC2(CN)N1CCCCC1. The number of rotatable bonds is 2. The summed E-state index contributed by atoms with van der Waals surface area (Å²) in [6, 6.07) is 4.48. The molecule has 2 aliphatic rings. The van der Waals surface area contributed by atoms with E-state index in [4.69, 9.17) is 10.5 Å². The smallest absolute Gasteiger partial charge is 0.124 e. The van der Waals surface area contributed by atoms with Crippen molar-refractivity contribution in [3.63, 3.8) is 0 Å². The molecule has 0 aromatic heterocycles. The highest BCUT2D eigenvalue weighted by Gasteiger charge is 2.41. The zero-order valence-corrected chi connectivity index (χ0v) is 13.5. The van der Waals surface area contributed by atoms with Gasteiger partial charge in [0.15, 0.2) is 0 Å². The average Bonchev–Trinajstić information content (AvgIpc) is 2.68. The number of hydrogen-bond acceptors (Lipinski definition) is 3. The van der Waals surface area contributed by atoms with Crippen molar-refractivity contribution in [3.8, 4) is 5.75 Å². The molecule has 21 heavy (non-hydrogen) atoms. The maximum absolute atomic E-state index is 6.36. The first-order valence-corrected chi connectivity index (χ1v) is 8.37. The second-order valence-electron chi connectivity index (χ2n) is 6.69. The number of hydrogen-bond donors (Lipinski definition) is 1. The Bertz CT molecular complexity index is 508. The molecule has 0 bridgehead atoms. The van der Waals surface area contributed by atoms with Gasteiger partial charge in [0.2, 0.25) is 0 Å². The molecule has 2 N–H and O–H groups in total. The van der Waals surface area contributed by atoms with Crippen molar-refractivity contribution in [2.24, 2.45) is 5.73 Å². The number of fused-ring (bicyclic) bond motifs is 1. The van der Waals surface area contributed by atoms with Gasteiger partial charge in [0.1, 0.15) is 5.75 Å². The highest BCUT2D eigenvalue weighted by atomic mass is 16.5. The quantitative estimate of drug-likeness (QED) is 0.908. The van der Waals surface area contributed by atoms with Crippen LogP contribution in [0.15, 0.2) is 12.1 Å². The number of ether oxygens (including phenoxy) is 1. The molecule has 0 radical (unpaired) electrons. The predicted octanol–water partition coefficient (Wildman–Crippen LogP) is 3.12. The molecular weight excluding hydrogens is 260 g/mol. The maximum atomic E-state index is 6.36. The number of piperidine rings is 1. The second-order valence-corrected chi connectivity index (χ2v) is 6.69. The van der Waals surface area contributed by atoms with Crippen molar-refractivity contribution >= 4 is 0 Å². The van der Waals surface area contributed by atoms with E-state index in [1.807, 2.05) is 0 Å². The Morgan fingerprint density at radius 1 is 1.14 bits per heavy atom. The lowest BCUT2D eigenvalue weighted by atomic mass is 9.79. The molecule has 1 saturated heterocycles. The van der Waals surface area contributed by atoms with Crippen LogP contribution in [0.1, 0.15) is 48.8 Å². The fourth-order valence-corrected chi connectivity index (χ4v) is 4.28. The molecular formula is C18H28N2O. The molecule has 1 fully saturated rings. The van der Waals surface area contributed by atoms with Gasteiger partial charge in [0.05, 0.1) is 12.1 Å². The highest BCUT2D eigenvalue weighted by molar-refractivity contribution is 5.48. The zero-order chi connectivity index (χ0) is 14.9. The molecule has 1 aromatic carbocycles. The molecule has 3 nitrogen and oxygen atoms in total. The lowest BCUT2D eigenvalue weighted by Gasteiger charge is -2.46. The Morgan fingerprint density at radius 3 is 2.62 bits per heavy atom. The van der Waals surface area contributed by atoms with Gasteiger partial charge in [-0.3, -0.25) is 4.90 Å². The van der Waals surface area contributed by atoms with Gasteiger partial charge in [-0.2, -0.15) is 0 Å². The first kappa shape index (κ1) is 14.9. The van der Waals surface area contributed by atoms with E-state index in [1.54, 1.807) is 0 Å². The fourth-order valence-electron chi connectivity index (χ4n) is 4.28. The maximum Gasteiger partial charge on any atom is 0.124 e. The summed E-state index contributed by atoms with van der Waals surface area (Å²) >= 11 is 0. The van der Waals surface area contributed by atoms with Crippen LogP contribution in [0.3, 0.4) is 0 Å². The van der Waals surface area contributed by atoms with Crippen LogP contribution in [0.4, 0.5) is 0 Å². The Hall–Kier alpha value is -1.06. The first-order valence-electron chi connectivity index (χ1n) is 8.37. The van der Waals surface area contributed by atoms with Gasteiger partial charge in [0.25, 0.3) is 0 Å². The van der Waals surface area contributed by atoms with Gasteiger partial charge in [0, 0.05) is 12.1 Å². The van der Waals surface area contributed by atoms with Crippen molar-refractivity contribution in [2.45, 2.75) is 51.5 Å². The van der Waals surface area contributed by atoms with Crippen LogP contribution in [-0.2, 0) is 5.54 Å². The molecule has 1 unspecified atom stereocenters. The third kappa shape index (κ3) is 2.58. The topological polar surface area (TPSA) is 38.5 Å². The van der Waals surface area contributed by atoms with E-state index < -0.39 is 0 Å². The minimum atomic E-state index is -0.0238. The lowest BCUT2D eigenvalue weighted by molar-refractivity contribution is 0.0620. The zero-order valence-electron chi connectivity index (χ0n) is 13.5. The van der Waals surface area contributed by atoms with E-state index >= 15 is 0 Å². The van der Waals surface area contributed by atoms with Crippen LogP contribution in [0.25, 0.3) is 0 Å². The van der Waals surface area contributed by atoms with Gasteiger partial charge in [-0.15, -0.1) is 0 Å². The van der Waals surface area contributed by atoms with Crippen molar-refractivity contribution in [3.05, 3.63) is 28.8 Å². The molecule has 0 amide bonds. The van der Waals surface area contributed by atoms with Crippen molar-refractivity contribution < 1.29 is 4.74 Å². The van der Waals surface area contributed by atoms with Crippen molar-refractivity contribution in [1.29, 1.82) is 0 Å². The minimum absolute atomic E-state index is 0.0238.